The Morgan fingerprint density at radius 3 is 2.87 bits per heavy atom. The van der Waals surface area contributed by atoms with Crippen LogP contribution >= 0.6 is 0 Å². The molecule has 2 aliphatic rings. The van der Waals surface area contributed by atoms with Crippen molar-refractivity contribution in [3.8, 4) is 6.07 Å². The molecule has 0 aromatic carbocycles. The molecular formula is C19H21N5O6. The van der Waals surface area contributed by atoms with E-state index in [0.29, 0.717) is 24.1 Å². The van der Waals surface area contributed by atoms with Crippen molar-refractivity contribution in [2.45, 2.75) is 50.6 Å². The smallest absolute Gasteiger partial charge is 0.463 e. The fourth-order valence-electron chi connectivity index (χ4n) is 3.95. The number of hydrogen-bond acceptors (Lipinski definition) is 10. The Morgan fingerprint density at radius 2 is 2.17 bits per heavy atom. The summed E-state index contributed by atoms with van der Waals surface area (Å²) in [6.07, 6.45) is -1.26. The van der Waals surface area contributed by atoms with Crippen molar-refractivity contribution in [1.82, 2.24) is 14.6 Å². The Labute approximate surface area is 171 Å². The second-order valence-corrected chi connectivity index (χ2v) is 7.18. The van der Waals surface area contributed by atoms with Gasteiger partial charge in [-0.05, 0) is 25.0 Å². The Bertz CT molecular complexity index is 1030. The summed E-state index contributed by atoms with van der Waals surface area (Å²) in [5, 5.41) is 14.2. The molecule has 4 rings (SSSR count). The SMILES string of the molecule is CCC(CC)C(=O)OC[C@H]1O[C@@](C#N)(c2ccc3c(N)ncnn23)[C@@H]2OC(=O)O[C@@H]21. The molecule has 30 heavy (non-hydrogen) atoms. The second-order valence-electron chi connectivity index (χ2n) is 7.18. The number of nitrogens with zero attached hydrogens (tertiary/aromatic N) is 4. The highest BCUT2D eigenvalue weighted by molar-refractivity contribution is 5.72. The normalized spacial score (nSPS) is 27.5. The summed E-state index contributed by atoms with van der Waals surface area (Å²) in [5.41, 5.74) is 4.93. The predicted octanol–water partition coefficient (Wildman–Crippen LogP) is 1.31. The van der Waals surface area contributed by atoms with Crippen LogP contribution in [0.15, 0.2) is 18.5 Å². The van der Waals surface area contributed by atoms with Crippen molar-refractivity contribution < 1.29 is 28.5 Å². The summed E-state index contributed by atoms with van der Waals surface area (Å²) in [6.45, 7) is 3.61. The van der Waals surface area contributed by atoms with E-state index in [1.54, 1.807) is 12.1 Å². The van der Waals surface area contributed by atoms with Gasteiger partial charge in [-0.3, -0.25) is 4.79 Å². The van der Waals surface area contributed by atoms with Crippen LogP contribution in [0.2, 0.25) is 0 Å². The zero-order valence-electron chi connectivity index (χ0n) is 16.5. The van der Waals surface area contributed by atoms with Gasteiger partial charge in [0.15, 0.2) is 18.0 Å². The van der Waals surface area contributed by atoms with Crippen molar-refractivity contribution in [1.29, 1.82) is 5.26 Å². The Kier molecular flexibility index (Phi) is 4.95. The van der Waals surface area contributed by atoms with E-state index in [2.05, 4.69) is 16.2 Å². The number of fused-ring (bicyclic) bond motifs is 2. The van der Waals surface area contributed by atoms with Gasteiger partial charge in [0, 0.05) is 0 Å². The summed E-state index contributed by atoms with van der Waals surface area (Å²) in [4.78, 5) is 28.1. The lowest BCUT2D eigenvalue weighted by Gasteiger charge is -2.24. The number of nitriles is 1. The highest BCUT2D eigenvalue weighted by Gasteiger charge is 2.65. The molecule has 11 nitrogen and oxygen atoms in total. The van der Waals surface area contributed by atoms with E-state index >= 15 is 0 Å². The van der Waals surface area contributed by atoms with Crippen LogP contribution in [0.4, 0.5) is 10.6 Å². The van der Waals surface area contributed by atoms with Gasteiger partial charge in [-0.25, -0.2) is 14.3 Å². The molecule has 2 N–H and O–H groups in total. The first-order valence-electron chi connectivity index (χ1n) is 9.66. The number of anilines is 1. The van der Waals surface area contributed by atoms with Crippen LogP contribution in [0.5, 0.6) is 0 Å². The lowest BCUT2D eigenvalue weighted by atomic mass is 9.92. The maximum absolute atomic E-state index is 12.3. The molecule has 0 amide bonds. The van der Waals surface area contributed by atoms with Crippen LogP contribution in [0.1, 0.15) is 32.4 Å². The third-order valence-electron chi connectivity index (χ3n) is 5.60. The molecule has 4 heterocycles. The van der Waals surface area contributed by atoms with Gasteiger partial charge in [0.05, 0.1) is 11.6 Å². The molecule has 0 bridgehead atoms. The van der Waals surface area contributed by atoms with Crippen LogP contribution in [-0.4, -0.2) is 51.6 Å². The first-order chi connectivity index (χ1) is 14.4. The number of esters is 1. The van der Waals surface area contributed by atoms with Crippen LogP contribution < -0.4 is 5.73 Å². The molecule has 0 aliphatic carbocycles. The summed E-state index contributed by atoms with van der Waals surface area (Å²) < 4.78 is 23.4. The molecule has 11 heteroatoms. The van der Waals surface area contributed by atoms with Gasteiger partial charge in [-0.2, -0.15) is 10.4 Å². The Balaban J connectivity index is 1.67. The Morgan fingerprint density at radius 1 is 1.40 bits per heavy atom. The molecular weight excluding hydrogens is 394 g/mol. The number of nitrogens with two attached hydrogens (primary N) is 1. The number of nitrogen functional groups attached to an aromatic ring is 1. The van der Waals surface area contributed by atoms with Crippen molar-refractivity contribution in [2.24, 2.45) is 5.92 Å². The summed E-state index contributed by atoms with van der Waals surface area (Å²) in [6, 6.07) is 5.35. The first-order valence-corrected chi connectivity index (χ1v) is 9.66. The average Bonchev–Trinajstić information content (AvgIpc) is 3.41. The van der Waals surface area contributed by atoms with Gasteiger partial charge in [0.1, 0.15) is 30.6 Å². The van der Waals surface area contributed by atoms with E-state index in [1.807, 2.05) is 13.8 Å². The molecule has 0 spiro atoms. The number of aromatic nitrogens is 3. The number of carbonyl (C=O) groups is 2. The maximum Gasteiger partial charge on any atom is 0.509 e. The maximum atomic E-state index is 12.3. The van der Waals surface area contributed by atoms with E-state index in [1.165, 1.54) is 10.8 Å². The van der Waals surface area contributed by atoms with E-state index in [4.69, 9.17) is 24.7 Å². The largest absolute Gasteiger partial charge is 0.509 e. The van der Waals surface area contributed by atoms with Gasteiger partial charge < -0.3 is 24.7 Å². The molecule has 2 fully saturated rings. The van der Waals surface area contributed by atoms with E-state index < -0.39 is 30.1 Å². The van der Waals surface area contributed by atoms with Gasteiger partial charge in [-0.15, -0.1) is 0 Å². The fourth-order valence-corrected chi connectivity index (χ4v) is 3.95. The number of ether oxygens (including phenoxy) is 4. The molecule has 2 aromatic heterocycles. The van der Waals surface area contributed by atoms with Crippen molar-refractivity contribution in [3.05, 3.63) is 24.2 Å². The lowest BCUT2D eigenvalue weighted by molar-refractivity contribution is -0.156. The van der Waals surface area contributed by atoms with Crippen molar-refractivity contribution in [3.63, 3.8) is 0 Å². The minimum absolute atomic E-state index is 0.184. The Hall–Kier alpha value is -3.39. The molecule has 2 saturated heterocycles. The zero-order chi connectivity index (χ0) is 21.5. The topological polar surface area (TPSA) is 151 Å². The first kappa shape index (κ1) is 19.9. The van der Waals surface area contributed by atoms with E-state index in [9.17, 15) is 14.9 Å². The van der Waals surface area contributed by atoms with Gasteiger partial charge in [0.2, 0.25) is 5.60 Å². The van der Waals surface area contributed by atoms with Gasteiger partial charge >= 0.3 is 12.1 Å². The molecule has 2 aliphatic heterocycles. The fraction of sp³-hybridized carbons (Fsp3) is 0.526. The molecule has 0 radical (unpaired) electrons. The van der Waals surface area contributed by atoms with Crippen LogP contribution in [0, 0.1) is 17.2 Å². The monoisotopic (exact) mass is 415 g/mol. The van der Waals surface area contributed by atoms with Gasteiger partial charge in [-0.1, -0.05) is 13.8 Å². The minimum Gasteiger partial charge on any atom is -0.463 e. The second kappa shape index (κ2) is 7.46. The summed E-state index contributed by atoms with van der Waals surface area (Å²) >= 11 is 0. The van der Waals surface area contributed by atoms with Crippen LogP contribution in [-0.2, 0) is 29.3 Å². The van der Waals surface area contributed by atoms with Crippen molar-refractivity contribution in [2.75, 3.05) is 12.3 Å². The number of carbonyl (C=O) groups excluding carboxylic acids is 2. The predicted molar refractivity (Wildman–Crippen MR) is 99.7 cm³/mol. The highest BCUT2D eigenvalue weighted by atomic mass is 16.8. The third-order valence-corrected chi connectivity index (χ3v) is 5.60. The third kappa shape index (κ3) is 2.91. The molecule has 0 unspecified atom stereocenters. The van der Waals surface area contributed by atoms with Crippen molar-refractivity contribution >= 4 is 23.5 Å². The molecule has 4 atom stereocenters. The highest BCUT2D eigenvalue weighted by Crippen LogP contribution is 2.46. The summed E-state index contributed by atoms with van der Waals surface area (Å²) in [7, 11) is 0. The van der Waals surface area contributed by atoms with Crippen LogP contribution in [0.25, 0.3) is 5.52 Å². The molecule has 0 saturated carbocycles. The van der Waals surface area contributed by atoms with Crippen LogP contribution in [0.3, 0.4) is 0 Å². The average molecular weight is 415 g/mol. The van der Waals surface area contributed by atoms with Gasteiger partial charge in [0.25, 0.3) is 0 Å². The number of hydrogen-bond donors (Lipinski definition) is 1. The standard InChI is InChI=1S/C19H21N5O6/c1-3-10(4-2)17(25)27-7-12-14-15(29-18(26)28-14)19(8-20,30-12)13-6-5-11-16(21)22-9-23-24(11)13/h5-6,9-10,12,14-15H,3-4,7H2,1-2H3,(H2,21,22,23)/t12-,14-,15-,19+/m1/s1. The lowest BCUT2D eigenvalue weighted by Crippen LogP contribution is -2.39. The quantitative estimate of drug-likeness (QED) is 0.684. The molecule has 158 valence electrons. The van der Waals surface area contributed by atoms with E-state index in [0.717, 1.165) is 0 Å². The number of rotatable bonds is 6. The minimum atomic E-state index is -1.73. The summed E-state index contributed by atoms with van der Waals surface area (Å²) in [5.74, 6) is -0.387. The zero-order valence-corrected chi connectivity index (χ0v) is 16.5. The van der Waals surface area contributed by atoms with E-state index in [-0.39, 0.29) is 24.3 Å². The molecule has 2 aromatic rings.